The van der Waals surface area contributed by atoms with E-state index in [1.54, 1.807) is 18.0 Å². The second-order valence-corrected chi connectivity index (χ2v) is 15.7. The molecule has 5 aromatic rings. The van der Waals surface area contributed by atoms with E-state index in [-0.39, 0.29) is 29.8 Å². The van der Waals surface area contributed by atoms with Crippen LogP contribution < -0.4 is 5.32 Å². The van der Waals surface area contributed by atoms with Gasteiger partial charge in [0.25, 0.3) is 0 Å². The van der Waals surface area contributed by atoms with Crippen LogP contribution in [-0.4, -0.2) is 107 Å². The van der Waals surface area contributed by atoms with Crippen LogP contribution in [0.25, 0.3) is 44.4 Å². The molecule has 2 fully saturated rings. The van der Waals surface area contributed by atoms with Crippen molar-refractivity contribution in [2.24, 2.45) is 16.8 Å². The Hall–Kier alpha value is -6.35. The van der Waals surface area contributed by atoms with E-state index >= 15 is 0 Å². The summed E-state index contributed by atoms with van der Waals surface area (Å²) >= 11 is 0. The van der Waals surface area contributed by atoms with Gasteiger partial charge in [0.15, 0.2) is 0 Å². The molecule has 0 bridgehead atoms. The van der Waals surface area contributed by atoms with E-state index in [9.17, 15) is 19.2 Å². The summed E-state index contributed by atoms with van der Waals surface area (Å²) in [6, 6.07) is 19.9. The number of rotatable bonds is 12. The highest BCUT2D eigenvalue weighted by Crippen LogP contribution is 2.36. The van der Waals surface area contributed by atoms with Gasteiger partial charge in [-0.2, -0.15) is 4.99 Å². The summed E-state index contributed by atoms with van der Waals surface area (Å²) in [7, 11) is 4.05. The van der Waals surface area contributed by atoms with Crippen LogP contribution in [0.5, 0.6) is 0 Å². The number of carbonyl (C=O) groups is 4. The minimum Gasteiger partial charge on any atom is -0.453 e. The van der Waals surface area contributed by atoms with Gasteiger partial charge in [-0.15, -0.1) is 0 Å². The predicted molar refractivity (Wildman–Crippen MR) is 227 cm³/mol. The van der Waals surface area contributed by atoms with Gasteiger partial charge in [-0.05, 0) is 78.1 Å². The number of imidazole rings is 2. The van der Waals surface area contributed by atoms with Crippen molar-refractivity contribution in [1.82, 2.24) is 35.1 Å². The molecule has 7 rings (SSSR count). The van der Waals surface area contributed by atoms with E-state index < -0.39 is 30.3 Å². The highest BCUT2D eigenvalue weighted by Gasteiger charge is 2.39. The third kappa shape index (κ3) is 8.81. The van der Waals surface area contributed by atoms with Gasteiger partial charge < -0.3 is 39.3 Å². The molecule has 0 aliphatic carbocycles. The third-order valence-corrected chi connectivity index (χ3v) is 11.6. The Balaban J connectivity index is 1.02. The van der Waals surface area contributed by atoms with Gasteiger partial charge in [0.1, 0.15) is 17.7 Å². The van der Waals surface area contributed by atoms with Crippen LogP contribution in [0.3, 0.4) is 0 Å². The van der Waals surface area contributed by atoms with Crippen molar-refractivity contribution in [2.75, 3.05) is 34.4 Å². The fourth-order valence-corrected chi connectivity index (χ4v) is 8.17. The molecule has 15 heteroatoms. The normalized spacial score (nSPS) is 18.2. The molecule has 3 N–H and O–H groups in total. The fourth-order valence-electron chi connectivity index (χ4n) is 8.17. The number of likely N-dealkylation sites (tertiary alicyclic amines) is 2. The number of H-pyrrole nitrogens is 2. The summed E-state index contributed by atoms with van der Waals surface area (Å²) in [6.45, 7) is 6.73. The largest absolute Gasteiger partial charge is 0.453 e. The zero-order valence-electron chi connectivity index (χ0n) is 34.8. The quantitative estimate of drug-likeness (QED) is 0.107. The number of aromatic amines is 2. The second-order valence-electron chi connectivity index (χ2n) is 15.7. The van der Waals surface area contributed by atoms with Gasteiger partial charge >= 0.3 is 12.2 Å². The molecule has 2 saturated heterocycles. The first-order valence-corrected chi connectivity index (χ1v) is 20.3. The smallest absolute Gasteiger partial charge is 0.432 e. The number of methoxy groups -OCH3 is 3. The highest BCUT2D eigenvalue weighted by atomic mass is 16.5. The van der Waals surface area contributed by atoms with E-state index in [2.05, 4.69) is 85.7 Å². The lowest BCUT2D eigenvalue weighted by molar-refractivity contribution is -0.137. The molecule has 3 aromatic carbocycles. The van der Waals surface area contributed by atoms with E-state index in [4.69, 9.17) is 19.4 Å². The molecule has 60 heavy (non-hydrogen) atoms. The molecule has 0 radical (unpaired) electrons. The average molecular weight is 817 g/mol. The molecule has 314 valence electrons. The Morgan fingerprint density at radius 3 is 1.83 bits per heavy atom. The van der Waals surface area contributed by atoms with Crippen LogP contribution in [0.1, 0.15) is 70.2 Å². The number of carbonyl (C=O) groups excluding carboxylic acids is 4. The highest BCUT2D eigenvalue weighted by molar-refractivity contribution is 5.97. The lowest BCUT2D eigenvalue weighted by Crippen LogP contribution is -2.51. The molecule has 2 aliphatic heterocycles. The standard InChI is InChI=1S/C45H52N8O7/c1-26(2)39(51-45(57)60-6)43(55)53-20-8-10-38(53)41-47-25-36(50-41)33-18-17-31-21-30(15-16-32(31)22-33)28-11-13-29(14-12-28)35-24-46-40(49-35)37-9-7-19-52(37)42(54)34(27(3)58-4)23-48-44(56)59-5/h11-18,21-27,34,37-39H,7-10,19-20H2,1-6H3,(H,46,49)(H,47,50)(H,51,57). The number of ether oxygens (including phenoxy) is 3. The molecule has 2 aliphatic rings. The Labute approximate surface area is 348 Å². The van der Waals surface area contributed by atoms with Crippen LogP contribution in [0.4, 0.5) is 9.59 Å². The molecule has 15 nitrogen and oxygen atoms in total. The fraction of sp³-hybridized carbons (Fsp3) is 0.400. The molecular formula is C45H52N8O7. The van der Waals surface area contributed by atoms with E-state index in [1.165, 1.54) is 27.5 Å². The van der Waals surface area contributed by atoms with Crippen molar-refractivity contribution in [1.29, 1.82) is 0 Å². The van der Waals surface area contributed by atoms with Crippen LogP contribution in [0.2, 0.25) is 0 Å². The number of nitrogens with one attached hydrogen (secondary N) is 3. The first-order valence-electron chi connectivity index (χ1n) is 20.3. The Morgan fingerprint density at radius 1 is 0.733 bits per heavy atom. The molecular weight excluding hydrogens is 765 g/mol. The average Bonchev–Trinajstić information content (AvgIpc) is 4.12. The summed E-state index contributed by atoms with van der Waals surface area (Å²) in [6.07, 6.45) is 6.23. The number of fused-ring (bicyclic) bond motifs is 1. The summed E-state index contributed by atoms with van der Waals surface area (Å²) in [5, 5.41) is 4.88. The number of benzene rings is 3. The maximum atomic E-state index is 13.7. The monoisotopic (exact) mass is 816 g/mol. The third-order valence-electron chi connectivity index (χ3n) is 11.6. The summed E-state index contributed by atoms with van der Waals surface area (Å²) in [5.74, 6) is 0.241. The minimum absolute atomic E-state index is 0.109. The number of hydrogen-bond donors (Lipinski definition) is 3. The lowest BCUT2D eigenvalue weighted by atomic mass is 9.98. The number of aliphatic imine (C=N–C) groups is 1. The van der Waals surface area contributed by atoms with Gasteiger partial charge in [0.05, 0.1) is 62.1 Å². The Kier molecular flexibility index (Phi) is 12.7. The lowest BCUT2D eigenvalue weighted by Gasteiger charge is -2.30. The van der Waals surface area contributed by atoms with Gasteiger partial charge in [-0.3, -0.25) is 9.59 Å². The van der Waals surface area contributed by atoms with Crippen LogP contribution >= 0.6 is 0 Å². The van der Waals surface area contributed by atoms with Crippen molar-refractivity contribution >= 4 is 41.0 Å². The molecule has 5 atom stereocenters. The van der Waals surface area contributed by atoms with Crippen molar-refractivity contribution in [3.8, 4) is 33.6 Å². The van der Waals surface area contributed by atoms with E-state index in [1.807, 2.05) is 24.9 Å². The van der Waals surface area contributed by atoms with Crippen molar-refractivity contribution in [3.63, 3.8) is 0 Å². The molecule has 2 aromatic heterocycles. The van der Waals surface area contributed by atoms with Crippen molar-refractivity contribution < 1.29 is 33.4 Å². The van der Waals surface area contributed by atoms with Gasteiger partial charge in [0, 0.05) is 32.0 Å². The summed E-state index contributed by atoms with van der Waals surface area (Å²) in [4.78, 5) is 74.7. The van der Waals surface area contributed by atoms with Crippen LogP contribution in [0.15, 0.2) is 78.0 Å². The topological polar surface area (TPSA) is 184 Å². The zero-order chi connectivity index (χ0) is 42.5. The minimum atomic E-state index is -0.773. The Bertz CT molecular complexity index is 2370. The summed E-state index contributed by atoms with van der Waals surface area (Å²) < 4.78 is 14.8. The first kappa shape index (κ1) is 41.8. The second kappa shape index (κ2) is 18.3. The SMILES string of the molecule is COC(=O)N=CC(C(=O)N1CCCC1c1ncc(-c2ccc(-c3ccc4cc(-c5cnc(C6CCCN6C(=O)C(NC(=O)OC)C(C)C)[nH]5)ccc4c3)cc2)[nH]1)C(C)OC. The zero-order valence-corrected chi connectivity index (χ0v) is 34.8. The number of aromatic nitrogens is 4. The Morgan fingerprint density at radius 2 is 1.27 bits per heavy atom. The maximum absolute atomic E-state index is 13.7. The molecule has 4 heterocycles. The molecule has 4 amide bonds. The molecule has 5 unspecified atom stereocenters. The van der Waals surface area contributed by atoms with Crippen LogP contribution in [-0.2, 0) is 23.8 Å². The van der Waals surface area contributed by atoms with E-state index in [0.717, 1.165) is 75.9 Å². The predicted octanol–water partition coefficient (Wildman–Crippen LogP) is 7.48. The summed E-state index contributed by atoms with van der Waals surface area (Å²) in [5.41, 5.74) is 5.82. The van der Waals surface area contributed by atoms with Crippen molar-refractivity contribution in [3.05, 3.63) is 84.7 Å². The number of nitrogens with zero attached hydrogens (tertiary/aromatic N) is 5. The van der Waals surface area contributed by atoms with Crippen LogP contribution in [0, 0.1) is 11.8 Å². The maximum Gasteiger partial charge on any atom is 0.432 e. The molecule has 0 saturated carbocycles. The van der Waals surface area contributed by atoms with Gasteiger partial charge in [-0.1, -0.05) is 62.4 Å². The number of alkyl carbamates (subject to hydrolysis) is 1. The number of amides is 4. The van der Waals surface area contributed by atoms with Crippen molar-refractivity contribution in [2.45, 2.75) is 70.7 Å². The first-order chi connectivity index (χ1) is 29.0. The van der Waals surface area contributed by atoms with Gasteiger partial charge in [0.2, 0.25) is 11.8 Å². The van der Waals surface area contributed by atoms with Gasteiger partial charge in [-0.25, -0.2) is 19.6 Å². The van der Waals surface area contributed by atoms with E-state index in [0.29, 0.717) is 18.9 Å². The number of hydrogen-bond acceptors (Lipinski definition) is 9. The molecule has 0 spiro atoms.